The number of nitrogens with one attached hydrogen (secondary N) is 1. The molecule has 1 fully saturated rings. The van der Waals surface area contributed by atoms with Crippen molar-refractivity contribution in [2.45, 2.75) is 38.6 Å². The summed E-state index contributed by atoms with van der Waals surface area (Å²) in [5.41, 5.74) is 0. The maximum atomic E-state index is 12.9. The summed E-state index contributed by atoms with van der Waals surface area (Å²) in [5.74, 6) is 0.974. The van der Waals surface area contributed by atoms with Gasteiger partial charge in [0.2, 0.25) is 5.95 Å². The van der Waals surface area contributed by atoms with Gasteiger partial charge in [0.1, 0.15) is 5.82 Å². The van der Waals surface area contributed by atoms with E-state index in [-0.39, 0.29) is 0 Å². The molecule has 15 heavy (non-hydrogen) atoms. The highest BCUT2D eigenvalue weighted by Crippen LogP contribution is 2.30. The van der Waals surface area contributed by atoms with Crippen molar-refractivity contribution >= 4 is 5.82 Å². The molecule has 82 valence electrons. The first-order chi connectivity index (χ1) is 7.29. The van der Waals surface area contributed by atoms with E-state index in [0.29, 0.717) is 11.9 Å². The first-order valence-corrected chi connectivity index (χ1v) is 5.68. The number of hydrogen-bond donors (Lipinski definition) is 1. The summed E-state index contributed by atoms with van der Waals surface area (Å²) in [6, 6.07) is 5.37. The zero-order valence-corrected chi connectivity index (χ0v) is 9.04. The molecule has 1 aromatic rings. The topological polar surface area (TPSA) is 24.9 Å². The molecule has 1 aromatic heterocycles. The fraction of sp³-hybridized carbons (Fsp3) is 0.583. The van der Waals surface area contributed by atoms with Crippen LogP contribution in [0.5, 0.6) is 0 Å². The summed E-state index contributed by atoms with van der Waals surface area (Å²) in [4.78, 5) is 3.83. The lowest BCUT2D eigenvalue weighted by atomic mass is 10.0. The number of nitrogens with zero attached hydrogens (tertiary/aromatic N) is 1. The molecule has 1 saturated carbocycles. The van der Waals surface area contributed by atoms with Crippen LogP contribution >= 0.6 is 0 Å². The van der Waals surface area contributed by atoms with E-state index >= 15 is 0 Å². The van der Waals surface area contributed by atoms with Gasteiger partial charge in [0.25, 0.3) is 0 Å². The standard InChI is InChI=1S/C12H17FN2/c1-2-9-5-3-6-10(9)14-12-8-4-7-11(13)15-12/h4,7-10H,2-3,5-6H2,1H3,(H,14,15). The van der Waals surface area contributed by atoms with Crippen LogP contribution in [0, 0.1) is 11.9 Å². The van der Waals surface area contributed by atoms with Gasteiger partial charge in [-0.25, -0.2) is 4.98 Å². The maximum absolute atomic E-state index is 12.9. The molecule has 2 unspecified atom stereocenters. The average molecular weight is 208 g/mol. The Kier molecular flexibility index (Phi) is 3.19. The molecule has 2 rings (SSSR count). The first-order valence-electron chi connectivity index (χ1n) is 5.68. The van der Waals surface area contributed by atoms with Gasteiger partial charge in [-0.05, 0) is 30.9 Å². The van der Waals surface area contributed by atoms with E-state index in [4.69, 9.17) is 0 Å². The molecular formula is C12H17FN2. The normalized spacial score (nSPS) is 25.5. The third-order valence-corrected chi connectivity index (χ3v) is 3.23. The van der Waals surface area contributed by atoms with Crippen LogP contribution in [0.4, 0.5) is 10.2 Å². The summed E-state index contributed by atoms with van der Waals surface area (Å²) in [6.07, 6.45) is 4.92. The second-order valence-electron chi connectivity index (χ2n) is 4.20. The molecule has 1 aliphatic rings. The highest BCUT2D eigenvalue weighted by atomic mass is 19.1. The van der Waals surface area contributed by atoms with Gasteiger partial charge in [0.15, 0.2) is 0 Å². The molecular weight excluding hydrogens is 191 g/mol. The molecule has 0 aromatic carbocycles. The van der Waals surface area contributed by atoms with E-state index in [1.165, 1.54) is 31.7 Å². The Morgan fingerprint density at radius 1 is 1.47 bits per heavy atom. The number of pyridine rings is 1. The predicted molar refractivity (Wildman–Crippen MR) is 59.2 cm³/mol. The van der Waals surface area contributed by atoms with Crippen molar-refractivity contribution in [3.63, 3.8) is 0 Å². The smallest absolute Gasteiger partial charge is 0.214 e. The van der Waals surface area contributed by atoms with Crippen LogP contribution in [0.2, 0.25) is 0 Å². The molecule has 3 heteroatoms. The van der Waals surface area contributed by atoms with E-state index < -0.39 is 5.95 Å². The molecule has 0 radical (unpaired) electrons. The van der Waals surface area contributed by atoms with E-state index in [1.54, 1.807) is 6.07 Å². The molecule has 2 atom stereocenters. The van der Waals surface area contributed by atoms with Gasteiger partial charge in [-0.2, -0.15) is 4.39 Å². The zero-order valence-electron chi connectivity index (χ0n) is 9.04. The second-order valence-corrected chi connectivity index (χ2v) is 4.20. The minimum atomic E-state index is -0.411. The van der Waals surface area contributed by atoms with Crippen molar-refractivity contribution in [2.75, 3.05) is 5.32 Å². The number of aromatic nitrogens is 1. The van der Waals surface area contributed by atoms with Crippen molar-refractivity contribution in [3.05, 3.63) is 24.1 Å². The van der Waals surface area contributed by atoms with Crippen LogP contribution in [0.3, 0.4) is 0 Å². The lowest BCUT2D eigenvalue weighted by Crippen LogP contribution is -2.24. The minimum absolute atomic E-state index is 0.411. The Morgan fingerprint density at radius 2 is 2.33 bits per heavy atom. The highest BCUT2D eigenvalue weighted by molar-refractivity contribution is 5.35. The molecule has 0 bridgehead atoms. The molecule has 1 aliphatic carbocycles. The van der Waals surface area contributed by atoms with Crippen molar-refractivity contribution < 1.29 is 4.39 Å². The van der Waals surface area contributed by atoms with Gasteiger partial charge >= 0.3 is 0 Å². The Morgan fingerprint density at radius 3 is 3.07 bits per heavy atom. The Labute approximate surface area is 89.9 Å². The van der Waals surface area contributed by atoms with Crippen molar-refractivity contribution in [3.8, 4) is 0 Å². The number of hydrogen-bond acceptors (Lipinski definition) is 2. The lowest BCUT2D eigenvalue weighted by molar-refractivity contribution is 0.487. The SMILES string of the molecule is CCC1CCCC1Nc1cccc(F)n1. The Bertz CT molecular complexity index is 327. The average Bonchev–Trinajstić information content (AvgIpc) is 2.65. The summed E-state index contributed by atoms with van der Waals surface area (Å²) in [6.45, 7) is 2.21. The summed E-state index contributed by atoms with van der Waals surface area (Å²) >= 11 is 0. The zero-order chi connectivity index (χ0) is 10.7. The fourth-order valence-corrected chi connectivity index (χ4v) is 2.39. The highest BCUT2D eigenvalue weighted by Gasteiger charge is 2.25. The third-order valence-electron chi connectivity index (χ3n) is 3.23. The second kappa shape index (κ2) is 4.60. The third kappa shape index (κ3) is 2.46. The minimum Gasteiger partial charge on any atom is -0.367 e. The van der Waals surface area contributed by atoms with Crippen LogP contribution in [0.1, 0.15) is 32.6 Å². The molecule has 0 saturated heterocycles. The molecule has 2 nitrogen and oxygen atoms in total. The van der Waals surface area contributed by atoms with E-state index in [2.05, 4.69) is 17.2 Å². The number of halogens is 1. The summed E-state index contributed by atoms with van der Waals surface area (Å²) in [7, 11) is 0. The maximum Gasteiger partial charge on any atom is 0.214 e. The Balaban J connectivity index is 2.02. The predicted octanol–water partition coefficient (Wildman–Crippen LogP) is 3.21. The van der Waals surface area contributed by atoms with Crippen LogP contribution in [0.15, 0.2) is 18.2 Å². The summed E-state index contributed by atoms with van der Waals surface area (Å²) < 4.78 is 12.9. The lowest BCUT2D eigenvalue weighted by Gasteiger charge is -2.19. The first kappa shape index (κ1) is 10.4. The molecule has 0 amide bonds. The number of anilines is 1. The van der Waals surface area contributed by atoms with Crippen molar-refractivity contribution in [1.29, 1.82) is 0 Å². The van der Waals surface area contributed by atoms with Crippen LogP contribution in [0.25, 0.3) is 0 Å². The van der Waals surface area contributed by atoms with Crippen LogP contribution in [-0.2, 0) is 0 Å². The van der Waals surface area contributed by atoms with Crippen LogP contribution in [-0.4, -0.2) is 11.0 Å². The fourth-order valence-electron chi connectivity index (χ4n) is 2.39. The van der Waals surface area contributed by atoms with Gasteiger partial charge in [-0.15, -0.1) is 0 Å². The van der Waals surface area contributed by atoms with Crippen molar-refractivity contribution in [1.82, 2.24) is 4.98 Å². The van der Waals surface area contributed by atoms with Gasteiger partial charge in [0, 0.05) is 6.04 Å². The van der Waals surface area contributed by atoms with Crippen molar-refractivity contribution in [2.24, 2.45) is 5.92 Å². The largest absolute Gasteiger partial charge is 0.367 e. The molecule has 0 spiro atoms. The van der Waals surface area contributed by atoms with Gasteiger partial charge in [-0.1, -0.05) is 25.8 Å². The van der Waals surface area contributed by atoms with Gasteiger partial charge in [-0.3, -0.25) is 0 Å². The number of rotatable bonds is 3. The van der Waals surface area contributed by atoms with E-state index in [0.717, 1.165) is 5.92 Å². The molecule has 0 aliphatic heterocycles. The monoisotopic (exact) mass is 208 g/mol. The molecule has 1 heterocycles. The summed E-state index contributed by atoms with van der Waals surface area (Å²) in [5, 5.41) is 3.33. The van der Waals surface area contributed by atoms with E-state index in [1.807, 2.05) is 6.07 Å². The van der Waals surface area contributed by atoms with Gasteiger partial charge < -0.3 is 5.32 Å². The molecule has 1 N–H and O–H groups in total. The quantitative estimate of drug-likeness (QED) is 0.771. The van der Waals surface area contributed by atoms with E-state index in [9.17, 15) is 4.39 Å². The van der Waals surface area contributed by atoms with Gasteiger partial charge in [0.05, 0.1) is 0 Å². The Hall–Kier alpha value is -1.12. The van der Waals surface area contributed by atoms with Crippen LogP contribution < -0.4 is 5.32 Å².